The van der Waals surface area contributed by atoms with E-state index in [0.717, 1.165) is 15.9 Å². The Labute approximate surface area is 107 Å². The van der Waals surface area contributed by atoms with Crippen LogP contribution in [0.1, 0.15) is 5.69 Å². The number of aromatic nitrogens is 1. The van der Waals surface area contributed by atoms with Crippen LogP contribution in [0.25, 0.3) is 0 Å². The number of aryl methyl sites for hydroxylation is 1. The molecule has 0 amide bonds. The summed E-state index contributed by atoms with van der Waals surface area (Å²) in [6.07, 6.45) is 0. The normalized spacial score (nSPS) is 10.2. The summed E-state index contributed by atoms with van der Waals surface area (Å²) in [6, 6.07) is 11.2. The number of nitrogens with zero attached hydrogens (tertiary/aromatic N) is 1. The van der Waals surface area contributed by atoms with E-state index < -0.39 is 0 Å². The molecule has 0 saturated heterocycles. The molecule has 0 saturated carbocycles. The summed E-state index contributed by atoms with van der Waals surface area (Å²) < 4.78 is 6.61. The molecule has 82 valence electrons. The second-order valence-electron chi connectivity index (χ2n) is 3.30. The lowest BCUT2D eigenvalue weighted by atomic mass is 10.3. The van der Waals surface area contributed by atoms with Crippen LogP contribution in [0.5, 0.6) is 11.5 Å². The first kappa shape index (κ1) is 11.4. The van der Waals surface area contributed by atoms with Gasteiger partial charge in [0.05, 0.1) is 0 Å². The van der Waals surface area contributed by atoms with Gasteiger partial charge in [-0.3, -0.25) is 0 Å². The topological polar surface area (TPSA) is 22.1 Å². The van der Waals surface area contributed by atoms with Gasteiger partial charge in [0.1, 0.15) is 5.75 Å². The zero-order valence-corrected chi connectivity index (χ0v) is 10.9. The summed E-state index contributed by atoms with van der Waals surface area (Å²) in [4.78, 5) is 4.12. The Bertz CT molecular complexity index is 499. The standard InChI is InChI=1S/C12H9BrClNO/c1-8-2-7-11(12(14)15-8)16-10-5-3-9(13)4-6-10/h2-7H,1H3. The first-order valence-electron chi connectivity index (χ1n) is 4.72. The van der Waals surface area contributed by atoms with Gasteiger partial charge in [0, 0.05) is 10.2 Å². The van der Waals surface area contributed by atoms with Crippen molar-refractivity contribution >= 4 is 27.5 Å². The van der Waals surface area contributed by atoms with Crippen LogP contribution in [0.4, 0.5) is 0 Å². The lowest BCUT2D eigenvalue weighted by Crippen LogP contribution is -1.88. The minimum absolute atomic E-state index is 0.378. The smallest absolute Gasteiger partial charge is 0.171 e. The fourth-order valence-electron chi connectivity index (χ4n) is 1.22. The summed E-state index contributed by atoms with van der Waals surface area (Å²) in [5, 5.41) is 0.378. The van der Waals surface area contributed by atoms with Gasteiger partial charge >= 0.3 is 0 Å². The lowest BCUT2D eigenvalue weighted by molar-refractivity contribution is 0.480. The zero-order chi connectivity index (χ0) is 11.5. The molecule has 4 heteroatoms. The number of rotatable bonds is 2. The molecule has 2 rings (SSSR count). The highest BCUT2D eigenvalue weighted by molar-refractivity contribution is 9.10. The van der Waals surface area contributed by atoms with Crippen LogP contribution < -0.4 is 4.74 Å². The van der Waals surface area contributed by atoms with Crippen LogP contribution in [0, 0.1) is 6.92 Å². The van der Waals surface area contributed by atoms with Crippen LogP contribution in [0.2, 0.25) is 5.15 Å². The van der Waals surface area contributed by atoms with E-state index in [4.69, 9.17) is 16.3 Å². The van der Waals surface area contributed by atoms with Crippen LogP contribution in [0.15, 0.2) is 40.9 Å². The van der Waals surface area contributed by atoms with Crippen LogP contribution in [0.3, 0.4) is 0 Å². The molecule has 0 unspecified atom stereocenters. The Morgan fingerprint density at radius 1 is 1.12 bits per heavy atom. The van der Waals surface area contributed by atoms with Crippen LogP contribution in [-0.2, 0) is 0 Å². The van der Waals surface area contributed by atoms with E-state index in [1.54, 1.807) is 0 Å². The monoisotopic (exact) mass is 297 g/mol. The van der Waals surface area contributed by atoms with Crippen molar-refractivity contribution in [1.82, 2.24) is 4.98 Å². The van der Waals surface area contributed by atoms with E-state index in [0.29, 0.717) is 10.9 Å². The first-order chi connectivity index (χ1) is 7.65. The van der Waals surface area contributed by atoms with Gasteiger partial charge in [-0.25, -0.2) is 4.98 Å². The Hall–Kier alpha value is -1.06. The van der Waals surface area contributed by atoms with Gasteiger partial charge in [-0.15, -0.1) is 0 Å². The van der Waals surface area contributed by atoms with Crippen molar-refractivity contribution in [3.8, 4) is 11.5 Å². The van der Waals surface area contributed by atoms with E-state index in [1.165, 1.54) is 0 Å². The van der Waals surface area contributed by atoms with Crippen molar-refractivity contribution in [2.75, 3.05) is 0 Å². The Morgan fingerprint density at radius 3 is 2.44 bits per heavy atom. The SMILES string of the molecule is Cc1ccc(Oc2ccc(Br)cc2)c(Cl)n1. The molecule has 0 bridgehead atoms. The molecule has 1 heterocycles. The second-order valence-corrected chi connectivity index (χ2v) is 4.57. The molecule has 16 heavy (non-hydrogen) atoms. The average molecular weight is 299 g/mol. The molecule has 2 nitrogen and oxygen atoms in total. The predicted octanol–water partition coefficient (Wildman–Crippen LogP) is 4.60. The molecule has 1 aromatic carbocycles. The first-order valence-corrected chi connectivity index (χ1v) is 5.89. The number of pyridine rings is 1. The predicted molar refractivity (Wildman–Crippen MR) is 68.2 cm³/mol. The maximum atomic E-state index is 5.97. The minimum atomic E-state index is 0.378. The Kier molecular flexibility index (Phi) is 3.46. The van der Waals surface area contributed by atoms with Gasteiger partial charge in [0.25, 0.3) is 0 Å². The van der Waals surface area contributed by atoms with Crippen molar-refractivity contribution < 1.29 is 4.74 Å². The fourth-order valence-corrected chi connectivity index (χ4v) is 1.72. The summed E-state index contributed by atoms with van der Waals surface area (Å²) in [5.74, 6) is 1.30. The molecule has 0 aliphatic heterocycles. The van der Waals surface area contributed by atoms with E-state index >= 15 is 0 Å². The third-order valence-electron chi connectivity index (χ3n) is 2.00. The van der Waals surface area contributed by atoms with Crippen LogP contribution in [-0.4, -0.2) is 4.98 Å². The number of halogens is 2. The third-order valence-corrected chi connectivity index (χ3v) is 2.79. The molecule has 0 aliphatic carbocycles. The summed E-state index contributed by atoms with van der Waals surface area (Å²) in [5.41, 5.74) is 0.869. The van der Waals surface area contributed by atoms with E-state index in [9.17, 15) is 0 Å². The summed E-state index contributed by atoms with van der Waals surface area (Å²) >= 11 is 9.33. The average Bonchev–Trinajstić information content (AvgIpc) is 2.25. The molecule has 0 fully saturated rings. The Morgan fingerprint density at radius 2 is 1.81 bits per heavy atom. The molecule has 0 atom stereocenters. The maximum absolute atomic E-state index is 5.97. The Balaban J connectivity index is 2.23. The number of benzene rings is 1. The van der Waals surface area contributed by atoms with Crippen molar-refractivity contribution in [3.05, 3.63) is 51.7 Å². The van der Waals surface area contributed by atoms with Gasteiger partial charge in [0.2, 0.25) is 0 Å². The van der Waals surface area contributed by atoms with Crippen molar-refractivity contribution in [1.29, 1.82) is 0 Å². The lowest BCUT2D eigenvalue weighted by Gasteiger charge is -2.07. The molecular formula is C12H9BrClNO. The molecule has 0 radical (unpaired) electrons. The maximum Gasteiger partial charge on any atom is 0.171 e. The quantitative estimate of drug-likeness (QED) is 0.756. The van der Waals surface area contributed by atoms with Gasteiger partial charge in [-0.05, 0) is 43.3 Å². The minimum Gasteiger partial charge on any atom is -0.454 e. The van der Waals surface area contributed by atoms with Crippen LogP contribution >= 0.6 is 27.5 Å². The molecule has 0 N–H and O–H groups in total. The number of hydrogen-bond donors (Lipinski definition) is 0. The highest BCUT2D eigenvalue weighted by atomic mass is 79.9. The summed E-state index contributed by atoms with van der Waals surface area (Å²) in [7, 11) is 0. The van der Waals surface area contributed by atoms with Crippen molar-refractivity contribution in [2.24, 2.45) is 0 Å². The van der Waals surface area contributed by atoms with Gasteiger partial charge in [-0.1, -0.05) is 27.5 Å². The second kappa shape index (κ2) is 4.85. The van der Waals surface area contributed by atoms with E-state index in [1.807, 2.05) is 43.3 Å². The van der Waals surface area contributed by atoms with Crippen molar-refractivity contribution in [2.45, 2.75) is 6.92 Å². The number of hydrogen-bond acceptors (Lipinski definition) is 2. The highest BCUT2D eigenvalue weighted by Crippen LogP contribution is 2.28. The molecule has 2 aromatic rings. The van der Waals surface area contributed by atoms with Crippen molar-refractivity contribution in [3.63, 3.8) is 0 Å². The zero-order valence-electron chi connectivity index (χ0n) is 8.58. The van der Waals surface area contributed by atoms with E-state index in [2.05, 4.69) is 20.9 Å². The highest BCUT2D eigenvalue weighted by Gasteiger charge is 2.04. The van der Waals surface area contributed by atoms with Gasteiger partial charge in [0.15, 0.2) is 10.9 Å². The summed E-state index contributed by atoms with van der Waals surface area (Å²) in [6.45, 7) is 1.88. The molecule has 0 spiro atoms. The number of ether oxygens (including phenoxy) is 1. The van der Waals surface area contributed by atoms with Gasteiger partial charge < -0.3 is 4.74 Å². The van der Waals surface area contributed by atoms with Gasteiger partial charge in [-0.2, -0.15) is 0 Å². The molecular weight excluding hydrogens is 289 g/mol. The molecule has 1 aromatic heterocycles. The fraction of sp³-hybridized carbons (Fsp3) is 0.0833. The molecule has 0 aliphatic rings. The largest absolute Gasteiger partial charge is 0.454 e. The van der Waals surface area contributed by atoms with E-state index in [-0.39, 0.29) is 0 Å². The third kappa shape index (κ3) is 2.74.